The van der Waals surface area contributed by atoms with Gasteiger partial charge in [-0.25, -0.2) is 13.4 Å². The second-order valence-corrected chi connectivity index (χ2v) is 11.4. The summed E-state index contributed by atoms with van der Waals surface area (Å²) in [5.74, 6) is 1.37. The minimum Gasteiger partial charge on any atom is -0.496 e. The topological polar surface area (TPSA) is 101 Å². The van der Waals surface area contributed by atoms with E-state index in [1.165, 1.54) is 6.20 Å². The summed E-state index contributed by atoms with van der Waals surface area (Å²) in [6.45, 7) is 6.37. The summed E-state index contributed by atoms with van der Waals surface area (Å²) >= 11 is 0. The fourth-order valence-electron chi connectivity index (χ4n) is 4.33. The average molecular weight is 468 g/mol. The van der Waals surface area contributed by atoms with Crippen LogP contribution in [0.1, 0.15) is 55.7 Å². The molecule has 2 unspecified atom stereocenters. The van der Waals surface area contributed by atoms with Crippen LogP contribution in [-0.2, 0) is 15.4 Å². The maximum Gasteiger partial charge on any atom is 0.274 e. The maximum absolute atomic E-state index is 12.5. The van der Waals surface area contributed by atoms with E-state index < -0.39 is 10.0 Å². The molecule has 2 atom stereocenters. The van der Waals surface area contributed by atoms with E-state index >= 15 is 0 Å². The number of ether oxygens (including phenoxy) is 1. The number of nitrogens with zero attached hydrogens (tertiary/aromatic N) is 1. The summed E-state index contributed by atoms with van der Waals surface area (Å²) in [6.07, 6.45) is 5.20. The predicted octanol–water partition coefficient (Wildman–Crippen LogP) is 4.39. The molecule has 33 heavy (non-hydrogen) atoms. The van der Waals surface area contributed by atoms with Gasteiger partial charge in [-0.2, -0.15) is 0 Å². The minimum atomic E-state index is -3.31. The van der Waals surface area contributed by atoms with Crippen molar-refractivity contribution in [3.63, 3.8) is 0 Å². The van der Waals surface area contributed by atoms with Crippen LogP contribution in [0.5, 0.6) is 5.75 Å². The van der Waals surface area contributed by atoms with Crippen LogP contribution in [0, 0.1) is 0 Å². The molecule has 1 aliphatic carbocycles. The van der Waals surface area contributed by atoms with E-state index in [1.54, 1.807) is 25.4 Å². The zero-order valence-corrected chi connectivity index (χ0v) is 20.3. The number of aromatic amines is 1. The summed E-state index contributed by atoms with van der Waals surface area (Å²) in [5, 5.41) is 0. The number of sulfonamides is 1. The van der Waals surface area contributed by atoms with Gasteiger partial charge >= 0.3 is 0 Å². The van der Waals surface area contributed by atoms with Crippen LogP contribution in [-0.4, -0.2) is 31.8 Å². The Morgan fingerprint density at radius 3 is 2.39 bits per heavy atom. The molecule has 1 fully saturated rings. The smallest absolute Gasteiger partial charge is 0.274 e. The molecule has 4 rings (SSSR count). The van der Waals surface area contributed by atoms with Gasteiger partial charge < -0.3 is 9.72 Å². The number of anilines is 1. The van der Waals surface area contributed by atoms with Gasteiger partial charge in [-0.05, 0) is 59.1 Å². The zero-order valence-electron chi connectivity index (χ0n) is 19.5. The van der Waals surface area contributed by atoms with Crippen LogP contribution in [0.25, 0.3) is 11.3 Å². The molecule has 0 saturated heterocycles. The molecule has 2 N–H and O–H groups in total. The molecule has 1 aromatic heterocycles. The molecule has 3 aromatic rings. The SMILES string of the molecule is COc1c(C2CC2c2ccc(NS(C)(=O)=O)cc2)cc(-c2ncc[nH]c2=O)cc1C(C)(C)C. The normalized spacial score (nSPS) is 18.1. The van der Waals surface area contributed by atoms with E-state index in [0.717, 1.165) is 40.7 Å². The number of rotatable bonds is 6. The summed E-state index contributed by atoms with van der Waals surface area (Å²) in [5.41, 5.74) is 4.52. The van der Waals surface area contributed by atoms with Gasteiger partial charge in [-0.3, -0.25) is 9.52 Å². The molecule has 1 aliphatic rings. The Morgan fingerprint density at radius 1 is 1.12 bits per heavy atom. The highest BCUT2D eigenvalue weighted by Gasteiger charge is 2.42. The van der Waals surface area contributed by atoms with Crippen LogP contribution in [0.3, 0.4) is 0 Å². The molecule has 1 saturated carbocycles. The van der Waals surface area contributed by atoms with Crippen LogP contribution >= 0.6 is 0 Å². The van der Waals surface area contributed by atoms with Gasteiger partial charge in [0.2, 0.25) is 10.0 Å². The molecule has 2 aromatic carbocycles. The van der Waals surface area contributed by atoms with Gasteiger partial charge in [0.25, 0.3) is 5.56 Å². The first-order valence-electron chi connectivity index (χ1n) is 10.8. The first kappa shape index (κ1) is 23.0. The van der Waals surface area contributed by atoms with Gasteiger partial charge in [0.1, 0.15) is 11.4 Å². The molecule has 0 spiro atoms. The van der Waals surface area contributed by atoms with Crippen molar-refractivity contribution in [2.75, 3.05) is 18.1 Å². The predicted molar refractivity (Wildman–Crippen MR) is 131 cm³/mol. The minimum absolute atomic E-state index is 0.193. The molecular weight excluding hydrogens is 438 g/mol. The highest BCUT2D eigenvalue weighted by atomic mass is 32.2. The maximum atomic E-state index is 12.5. The largest absolute Gasteiger partial charge is 0.496 e. The van der Waals surface area contributed by atoms with Gasteiger partial charge in [0.05, 0.1) is 13.4 Å². The van der Waals surface area contributed by atoms with E-state index in [4.69, 9.17) is 4.74 Å². The molecule has 0 aliphatic heterocycles. The highest BCUT2D eigenvalue weighted by Crippen LogP contribution is 2.58. The van der Waals surface area contributed by atoms with Crippen molar-refractivity contribution in [1.82, 2.24) is 9.97 Å². The Hall–Kier alpha value is -3.13. The third-order valence-electron chi connectivity index (χ3n) is 5.94. The number of aromatic nitrogens is 2. The van der Waals surface area contributed by atoms with Crippen LogP contribution in [0.2, 0.25) is 0 Å². The lowest BCUT2D eigenvalue weighted by Gasteiger charge is -2.25. The molecule has 174 valence electrons. The van der Waals surface area contributed by atoms with Gasteiger partial charge in [-0.1, -0.05) is 32.9 Å². The lowest BCUT2D eigenvalue weighted by atomic mass is 9.82. The quantitative estimate of drug-likeness (QED) is 0.560. The first-order chi connectivity index (χ1) is 15.5. The monoisotopic (exact) mass is 467 g/mol. The molecule has 1 heterocycles. The standard InChI is InChI=1S/C25H29N3O4S/c1-25(2,3)21-13-16(22-24(29)27-11-10-26-22)12-20(23(21)32-4)19-14-18(19)15-6-8-17(9-7-15)28-33(5,30)31/h6-13,18-19,28H,14H2,1-5H3,(H,27,29). The number of benzene rings is 2. The van der Waals surface area contributed by atoms with E-state index in [2.05, 4.69) is 35.5 Å². The number of hydrogen-bond donors (Lipinski definition) is 2. The van der Waals surface area contributed by atoms with Crippen molar-refractivity contribution in [2.45, 2.75) is 44.4 Å². The third kappa shape index (κ3) is 4.95. The molecule has 0 radical (unpaired) electrons. The number of H-pyrrole nitrogens is 1. The van der Waals surface area contributed by atoms with Crippen molar-refractivity contribution in [1.29, 1.82) is 0 Å². The molecule has 7 nitrogen and oxygen atoms in total. The van der Waals surface area contributed by atoms with Gasteiger partial charge in [0, 0.05) is 29.2 Å². The Bertz CT molecular complexity index is 1340. The van der Waals surface area contributed by atoms with Gasteiger partial charge in [-0.15, -0.1) is 0 Å². The zero-order chi connectivity index (χ0) is 24.0. The Balaban J connectivity index is 1.74. The lowest BCUT2D eigenvalue weighted by Crippen LogP contribution is -2.16. The second kappa shape index (κ2) is 8.33. The Labute approximate surface area is 194 Å². The Kier molecular flexibility index (Phi) is 5.82. The summed E-state index contributed by atoms with van der Waals surface area (Å²) in [4.78, 5) is 19.5. The van der Waals surface area contributed by atoms with Crippen molar-refractivity contribution in [2.24, 2.45) is 0 Å². The molecular formula is C25H29N3O4S. The molecule has 8 heteroatoms. The van der Waals surface area contributed by atoms with E-state index in [-0.39, 0.29) is 22.8 Å². The van der Waals surface area contributed by atoms with Crippen molar-refractivity contribution >= 4 is 15.7 Å². The molecule has 0 bridgehead atoms. The van der Waals surface area contributed by atoms with Crippen LogP contribution < -0.4 is 15.0 Å². The fraction of sp³-hybridized carbons (Fsp3) is 0.360. The van der Waals surface area contributed by atoms with E-state index in [9.17, 15) is 13.2 Å². The third-order valence-corrected chi connectivity index (χ3v) is 6.55. The fourth-order valence-corrected chi connectivity index (χ4v) is 4.89. The lowest BCUT2D eigenvalue weighted by molar-refractivity contribution is 0.392. The molecule has 0 amide bonds. The van der Waals surface area contributed by atoms with E-state index in [1.807, 2.05) is 24.3 Å². The van der Waals surface area contributed by atoms with Crippen LogP contribution in [0.4, 0.5) is 5.69 Å². The summed E-state index contributed by atoms with van der Waals surface area (Å²) < 4.78 is 31.3. The van der Waals surface area contributed by atoms with E-state index in [0.29, 0.717) is 11.4 Å². The Morgan fingerprint density at radius 2 is 1.82 bits per heavy atom. The van der Waals surface area contributed by atoms with Gasteiger partial charge in [0.15, 0.2) is 0 Å². The van der Waals surface area contributed by atoms with Crippen LogP contribution in [0.15, 0.2) is 53.6 Å². The average Bonchev–Trinajstić information content (AvgIpc) is 3.52. The first-order valence-corrected chi connectivity index (χ1v) is 12.7. The second-order valence-electron chi connectivity index (χ2n) is 9.61. The number of methoxy groups -OCH3 is 1. The van der Waals surface area contributed by atoms with Crippen molar-refractivity contribution in [3.8, 4) is 17.0 Å². The highest BCUT2D eigenvalue weighted by molar-refractivity contribution is 7.92. The van der Waals surface area contributed by atoms with Crippen molar-refractivity contribution < 1.29 is 13.2 Å². The number of hydrogen-bond acceptors (Lipinski definition) is 5. The van der Waals surface area contributed by atoms with Crippen molar-refractivity contribution in [3.05, 3.63) is 75.8 Å². The summed E-state index contributed by atoms with van der Waals surface area (Å²) in [7, 11) is -1.63. The summed E-state index contributed by atoms with van der Waals surface area (Å²) in [6, 6.07) is 11.5. The number of nitrogens with one attached hydrogen (secondary N) is 2.